The number of benzene rings is 11. The van der Waals surface area contributed by atoms with Crippen molar-refractivity contribution in [1.29, 1.82) is 0 Å². The zero-order valence-corrected chi connectivity index (χ0v) is 44.3. The summed E-state index contributed by atoms with van der Waals surface area (Å²) in [6.45, 7) is 9.52. The monoisotopic (exact) mass is 996 g/mol. The van der Waals surface area contributed by atoms with Crippen LogP contribution in [-0.4, -0.2) is 9.13 Å². The van der Waals surface area contributed by atoms with Crippen molar-refractivity contribution in [3.8, 4) is 101 Å². The van der Waals surface area contributed by atoms with Crippen LogP contribution in [0.5, 0.6) is 0 Å². The predicted molar refractivity (Wildman–Crippen MR) is 328 cm³/mol. The lowest BCUT2D eigenvalue weighted by Gasteiger charge is -2.25. The summed E-state index contributed by atoms with van der Waals surface area (Å²) in [5.74, 6) is 0. The van der Waals surface area contributed by atoms with E-state index in [0.29, 0.717) is 0 Å². The van der Waals surface area contributed by atoms with Gasteiger partial charge in [0, 0.05) is 32.4 Å². The van der Waals surface area contributed by atoms with E-state index in [4.69, 9.17) is 0 Å². The molecule has 0 saturated carbocycles. The van der Waals surface area contributed by atoms with Gasteiger partial charge in [0.15, 0.2) is 0 Å². The summed E-state index contributed by atoms with van der Waals surface area (Å²) in [6, 6.07) is 99.8. The number of hydrogen-bond acceptors (Lipinski definition) is 0. The molecule has 0 N–H and O–H groups in total. The van der Waals surface area contributed by atoms with Crippen LogP contribution in [0.4, 0.5) is 0 Å². The molecule has 0 amide bonds. The maximum Gasteiger partial charge on any atom is 0.0620 e. The molecule has 2 nitrogen and oxygen atoms in total. The van der Waals surface area contributed by atoms with Gasteiger partial charge in [-0.2, -0.15) is 0 Å². The number of nitrogens with zero attached hydrogens (tertiary/aromatic N) is 2. The van der Waals surface area contributed by atoms with E-state index in [9.17, 15) is 0 Å². The minimum Gasteiger partial charge on any atom is -0.308 e. The summed E-state index contributed by atoms with van der Waals surface area (Å²) in [6.07, 6.45) is 0. The van der Waals surface area contributed by atoms with E-state index >= 15 is 0 Å². The van der Waals surface area contributed by atoms with Gasteiger partial charge < -0.3 is 9.13 Å². The standard InChI is InChI=1S/C76H56N2/c1-75(2)65-31-19-17-29-57(65)59-37-33-55(47-67(59)75)53-35-39-61-63(45-53)74(78-71(51-25-13-7-14-26-51)43-44-72(78)52-27-15-8-16-28-52)64-46-54(56-34-38-60-58-30-18-20-32-66(58)76(3,4)68(60)48-56)36-40-62(64)73(61)77-69(49-21-9-5-10-22-49)41-42-70(77)50-23-11-6-12-24-50/h5-48H,1-4H3. The van der Waals surface area contributed by atoms with Crippen molar-refractivity contribution in [3.63, 3.8) is 0 Å². The van der Waals surface area contributed by atoms with E-state index in [1.54, 1.807) is 0 Å². The molecule has 0 saturated heterocycles. The summed E-state index contributed by atoms with van der Waals surface area (Å²) < 4.78 is 5.12. The highest BCUT2D eigenvalue weighted by Gasteiger charge is 2.37. The van der Waals surface area contributed by atoms with Gasteiger partial charge in [-0.3, -0.25) is 0 Å². The van der Waals surface area contributed by atoms with Crippen LogP contribution in [0.25, 0.3) is 122 Å². The first kappa shape index (κ1) is 45.9. The average molecular weight is 997 g/mol. The third-order valence-corrected chi connectivity index (χ3v) is 17.4. The van der Waals surface area contributed by atoms with Gasteiger partial charge in [-0.05, 0) is 138 Å². The molecule has 11 aromatic carbocycles. The second-order valence-corrected chi connectivity index (χ2v) is 22.4. The Morgan fingerprint density at radius 1 is 0.218 bits per heavy atom. The Hall–Kier alpha value is -9.50. The Bertz CT molecular complexity index is 4230. The average Bonchev–Trinajstić information content (AvgIpc) is 4.31. The van der Waals surface area contributed by atoms with Crippen molar-refractivity contribution in [2.45, 2.75) is 38.5 Å². The molecule has 2 aliphatic carbocycles. The molecule has 2 heterocycles. The maximum atomic E-state index is 2.57. The first-order chi connectivity index (χ1) is 38.2. The van der Waals surface area contributed by atoms with Gasteiger partial charge >= 0.3 is 0 Å². The van der Waals surface area contributed by atoms with Gasteiger partial charge in [-0.25, -0.2) is 0 Å². The molecule has 370 valence electrons. The van der Waals surface area contributed by atoms with Crippen LogP contribution in [-0.2, 0) is 10.8 Å². The van der Waals surface area contributed by atoms with Crippen molar-refractivity contribution in [3.05, 3.63) is 289 Å². The lowest BCUT2D eigenvalue weighted by molar-refractivity contribution is 0.660. The zero-order valence-electron chi connectivity index (χ0n) is 44.3. The van der Waals surface area contributed by atoms with E-state index in [2.05, 4.69) is 304 Å². The molecule has 15 rings (SSSR count). The van der Waals surface area contributed by atoms with E-state index in [-0.39, 0.29) is 10.8 Å². The van der Waals surface area contributed by atoms with Crippen molar-refractivity contribution in [2.75, 3.05) is 0 Å². The molecule has 0 unspecified atom stereocenters. The SMILES string of the molecule is CC1(C)c2ccccc2-c2ccc(-c3ccc4c(-n5c(-c6ccccc6)ccc5-c5ccccc5)c5ccc(-c6ccc7c(c6)C(C)(C)c6ccccc6-7)cc5c(-n5c(-c6ccccc6)ccc5-c5ccccc5)c4c3)cc21. The van der Waals surface area contributed by atoms with Crippen molar-refractivity contribution in [1.82, 2.24) is 9.13 Å². The van der Waals surface area contributed by atoms with Gasteiger partial charge in [-0.15, -0.1) is 0 Å². The Morgan fingerprint density at radius 3 is 0.859 bits per heavy atom. The smallest absolute Gasteiger partial charge is 0.0620 e. The molecule has 0 atom stereocenters. The topological polar surface area (TPSA) is 9.86 Å². The van der Waals surface area contributed by atoms with Gasteiger partial charge in [0.2, 0.25) is 0 Å². The normalized spacial score (nSPS) is 13.6. The Balaban J connectivity index is 1.09. The van der Waals surface area contributed by atoms with Crippen molar-refractivity contribution < 1.29 is 0 Å². The Morgan fingerprint density at radius 2 is 0.500 bits per heavy atom. The number of rotatable bonds is 8. The molecule has 2 aromatic heterocycles. The van der Waals surface area contributed by atoms with Crippen LogP contribution in [0.1, 0.15) is 49.9 Å². The molecule has 0 radical (unpaired) electrons. The van der Waals surface area contributed by atoms with E-state index < -0.39 is 0 Å². The van der Waals surface area contributed by atoms with E-state index in [1.165, 1.54) is 66.8 Å². The summed E-state index contributed by atoms with van der Waals surface area (Å²) in [4.78, 5) is 0. The van der Waals surface area contributed by atoms with Crippen molar-refractivity contribution >= 4 is 21.5 Å². The molecule has 0 bridgehead atoms. The highest BCUT2D eigenvalue weighted by atomic mass is 15.0. The Kier molecular flexibility index (Phi) is 10.3. The van der Waals surface area contributed by atoms with Crippen LogP contribution in [0.2, 0.25) is 0 Å². The molecule has 2 aliphatic rings. The van der Waals surface area contributed by atoms with Crippen molar-refractivity contribution in [2.24, 2.45) is 0 Å². The number of fused-ring (bicyclic) bond motifs is 8. The second-order valence-electron chi connectivity index (χ2n) is 22.4. The summed E-state index contributed by atoms with van der Waals surface area (Å²) in [5, 5.41) is 4.66. The highest BCUT2D eigenvalue weighted by Crippen LogP contribution is 2.53. The van der Waals surface area contributed by atoms with Gasteiger partial charge in [0.05, 0.1) is 34.2 Å². The largest absolute Gasteiger partial charge is 0.308 e. The summed E-state index contributed by atoms with van der Waals surface area (Å²) in [7, 11) is 0. The quantitative estimate of drug-likeness (QED) is 0.134. The molecule has 2 heteroatoms. The molecule has 0 fully saturated rings. The molecular weight excluding hydrogens is 941 g/mol. The first-order valence-corrected chi connectivity index (χ1v) is 27.4. The van der Waals surface area contributed by atoms with Crippen LogP contribution >= 0.6 is 0 Å². The maximum absolute atomic E-state index is 2.57. The molecular formula is C76H56N2. The molecule has 13 aromatic rings. The van der Waals surface area contributed by atoms with Crippen LogP contribution in [0.3, 0.4) is 0 Å². The molecule has 0 aliphatic heterocycles. The van der Waals surface area contributed by atoms with E-state index in [1.807, 2.05) is 0 Å². The number of aromatic nitrogens is 2. The summed E-state index contributed by atoms with van der Waals surface area (Å²) >= 11 is 0. The summed E-state index contributed by atoms with van der Waals surface area (Å²) in [5.41, 5.74) is 26.7. The van der Waals surface area contributed by atoms with E-state index in [0.717, 1.165) is 77.9 Å². The minimum absolute atomic E-state index is 0.143. The van der Waals surface area contributed by atoms with Gasteiger partial charge in [-0.1, -0.05) is 246 Å². The molecule has 78 heavy (non-hydrogen) atoms. The second kappa shape index (κ2) is 17.5. The van der Waals surface area contributed by atoms with Crippen LogP contribution < -0.4 is 0 Å². The van der Waals surface area contributed by atoms with Gasteiger partial charge in [0.25, 0.3) is 0 Å². The zero-order chi connectivity index (χ0) is 52.3. The third-order valence-electron chi connectivity index (χ3n) is 17.4. The predicted octanol–water partition coefficient (Wildman–Crippen LogP) is 20.2. The highest BCUT2D eigenvalue weighted by molar-refractivity contribution is 6.17. The first-order valence-electron chi connectivity index (χ1n) is 27.4. The van der Waals surface area contributed by atoms with Crippen LogP contribution in [0, 0.1) is 0 Å². The van der Waals surface area contributed by atoms with Crippen LogP contribution in [0.15, 0.2) is 267 Å². The lowest BCUT2D eigenvalue weighted by Crippen LogP contribution is -2.14. The van der Waals surface area contributed by atoms with Gasteiger partial charge in [0.1, 0.15) is 0 Å². The number of hydrogen-bond donors (Lipinski definition) is 0. The third kappa shape index (κ3) is 6.96. The fourth-order valence-electron chi connectivity index (χ4n) is 13.5. The Labute approximate surface area is 456 Å². The molecule has 0 spiro atoms. The fourth-order valence-corrected chi connectivity index (χ4v) is 13.5. The fraction of sp³-hybridized carbons (Fsp3) is 0.0789. The minimum atomic E-state index is -0.143. The lowest BCUT2D eigenvalue weighted by atomic mass is 9.81.